The van der Waals surface area contributed by atoms with Crippen molar-refractivity contribution in [1.82, 2.24) is 0 Å². The van der Waals surface area contributed by atoms with Gasteiger partial charge in [0.15, 0.2) is 0 Å². The smallest absolute Gasteiger partial charge is 0.327 e. The van der Waals surface area contributed by atoms with Crippen molar-refractivity contribution in [3.63, 3.8) is 0 Å². The number of hydrogen-bond donors (Lipinski definition) is 1. The van der Waals surface area contributed by atoms with E-state index in [1.807, 2.05) is 6.92 Å². The van der Waals surface area contributed by atoms with Gasteiger partial charge in [0.2, 0.25) is 0 Å². The van der Waals surface area contributed by atoms with E-state index < -0.39 is 10.3 Å². The molecule has 4 heteroatoms. The molecule has 0 amide bonds. The van der Waals surface area contributed by atoms with Crippen molar-refractivity contribution >= 4 is 29.2 Å². The fourth-order valence-electron chi connectivity index (χ4n) is 0.991. The Hall–Kier alpha value is -0.210. The first-order valence-electron chi connectivity index (χ1n) is 3.25. The summed E-state index contributed by atoms with van der Waals surface area (Å²) in [6.45, 7) is 1.89. The van der Waals surface area contributed by atoms with E-state index in [0.29, 0.717) is 0 Å². The largest absolute Gasteiger partial charge is 0.478 e. The summed E-state index contributed by atoms with van der Waals surface area (Å²) in [5.41, 5.74) is 0. The molecule has 11 heavy (non-hydrogen) atoms. The Balaban J connectivity index is 2.50. The molecule has 1 fully saturated rings. The van der Waals surface area contributed by atoms with Crippen LogP contribution in [0.2, 0.25) is 0 Å². The van der Waals surface area contributed by atoms with E-state index in [1.54, 1.807) is 0 Å². The predicted octanol–water partition coefficient (Wildman–Crippen LogP) is 2.07. The number of alkyl halides is 2. The molecule has 1 N–H and O–H groups in total. The van der Waals surface area contributed by atoms with Gasteiger partial charge in [0, 0.05) is 12.0 Å². The SMILES string of the molecule is C[C@@H]1[C@@H](/C=C/C(=O)O)C1(Cl)Cl. The topological polar surface area (TPSA) is 37.3 Å². The van der Waals surface area contributed by atoms with E-state index >= 15 is 0 Å². The van der Waals surface area contributed by atoms with Crippen molar-refractivity contribution in [3.8, 4) is 0 Å². The summed E-state index contributed by atoms with van der Waals surface area (Å²) in [4.78, 5) is 10.1. The van der Waals surface area contributed by atoms with Crippen molar-refractivity contribution in [3.05, 3.63) is 12.2 Å². The lowest BCUT2D eigenvalue weighted by molar-refractivity contribution is -0.131. The molecule has 1 aliphatic carbocycles. The lowest BCUT2D eigenvalue weighted by Crippen LogP contribution is -1.90. The number of carboxylic acid groups (broad SMARTS) is 1. The average Bonchev–Trinajstić information content (AvgIpc) is 2.30. The molecule has 1 rings (SSSR count). The maximum atomic E-state index is 10.1. The van der Waals surface area contributed by atoms with Gasteiger partial charge in [-0.25, -0.2) is 4.79 Å². The third-order valence-corrected chi connectivity index (χ3v) is 3.12. The quantitative estimate of drug-likeness (QED) is 0.540. The van der Waals surface area contributed by atoms with E-state index in [-0.39, 0.29) is 11.8 Å². The molecule has 0 saturated heterocycles. The number of carbonyl (C=O) groups is 1. The average molecular weight is 195 g/mol. The van der Waals surface area contributed by atoms with Gasteiger partial charge in [-0.1, -0.05) is 13.0 Å². The Morgan fingerprint density at radius 3 is 2.36 bits per heavy atom. The zero-order valence-corrected chi connectivity index (χ0v) is 7.43. The second-order valence-corrected chi connectivity index (χ2v) is 4.13. The number of rotatable bonds is 2. The van der Waals surface area contributed by atoms with E-state index in [0.717, 1.165) is 6.08 Å². The van der Waals surface area contributed by atoms with Crippen LogP contribution >= 0.6 is 23.2 Å². The molecule has 0 aromatic rings. The zero-order chi connectivity index (χ0) is 8.65. The van der Waals surface area contributed by atoms with Crippen LogP contribution in [0.3, 0.4) is 0 Å². The Kier molecular flexibility index (Phi) is 2.17. The monoisotopic (exact) mass is 194 g/mol. The first kappa shape index (κ1) is 8.88. The van der Waals surface area contributed by atoms with Gasteiger partial charge in [-0.05, 0) is 5.92 Å². The standard InChI is InChI=1S/C7H8Cl2O2/c1-4-5(7(4,8)9)2-3-6(10)11/h2-5H,1H3,(H,10,11)/b3-2+/t4-,5-/m1/s1. The second kappa shape index (κ2) is 2.68. The Morgan fingerprint density at radius 1 is 1.64 bits per heavy atom. The molecule has 0 aromatic heterocycles. The summed E-state index contributed by atoms with van der Waals surface area (Å²) in [5, 5.41) is 8.27. The molecule has 0 spiro atoms. The van der Waals surface area contributed by atoms with E-state index in [4.69, 9.17) is 28.3 Å². The van der Waals surface area contributed by atoms with Crippen molar-refractivity contribution in [2.45, 2.75) is 11.3 Å². The summed E-state index contributed by atoms with van der Waals surface area (Å²) >= 11 is 11.5. The minimum absolute atomic E-state index is 0.0121. The van der Waals surface area contributed by atoms with Crippen LogP contribution in [0.25, 0.3) is 0 Å². The van der Waals surface area contributed by atoms with Gasteiger partial charge in [0.1, 0.15) is 4.33 Å². The summed E-state index contributed by atoms with van der Waals surface area (Å²) in [6, 6.07) is 0. The van der Waals surface area contributed by atoms with E-state index in [1.165, 1.54) is 6.08 Å². The number of halogens is 2. The molecule has 0 bridgehead atoms. The van der Waals surface area contributed by atoms with Gasteiger partial charge >= 0.3 is 5.97 Å². The minimum Gasteiger partial charge on any atom is -0.478 e. The third-order valence-electron chi connectivity index (χ3n) is 1.93. The molecule has 2 atom stereocenters. The Morgan fingerprint density at radius 2 is 2.09 bits per heavy atom. The molecule has 62 valence electrons. The normalized spacial score (nSPS) is 34.1. The molecule has 0 aliphatic heterocycles. The molecule has 0 heterocycles. The first-order chi connectivity index (χ1) is 4.96. The first-order valence-corrected chi connectivity index (χ1v) is 4.01. The number of aliphatic carboxylic acids is 1. The molecule has 0 aromatic carbocycles. The van der Waals surface area contributed by atoms with Crippen molar-refractivity contribution in [2.75, 3.05) is 0 Å². The van der Waals surface area contributed by atoms with Crippen LogP contribution in [0.1, 0.15) is 6.92 Å². The van der Waals surface area contributed by atoms with Crippen LogP contribution in [-0.4, -0.2) is 15.4 Å². The van der Waals surface area contributed by atoms with Crippen molar-refractivity contribution in [1.29, 1.82) is 0 Å². The summed E-state index contributed by atoms with van der Waals surface area (Å²) < 4.78 is -0.744. The maximum absolute atomic E-state index is 10.1. The Bertz CT molecular complexity index is 210. The second-order valence-electron chi connectivity index (χ2n) is 2.69. The number of carboxylic acids is 1. The van der Waals surface area contributed by atoms with Crippen LogP contribution in [0.5, 0.6) is 0 Å². The summed E-state index contributed by atoms with van der Waals surface area (Å²) in [6.07, 6.45) is 2.61. The highest BCUT2D eigenvalue weighted by Crippen LogP contribution is 2.59. The maximum Gasteiger partial charge on any atom is 0.327 e. The van der Waals surface area contributed by atoms with Crippen molar-refractivity contribution < 1.29 is 9.90 Å². The van der Waals surface area contributed by atoms with Gasteiger partial charge < -0.3 is 5.11 Å². The van der Waals surface area contributed by atoms with E-state index in [9.17, 15) is 4.79 Å². The highest BCUT2D eigenvalue weighted by molar-refractivity contribution is 6.51. The predicted molar refractivity (Wildman–Crippen MR) is 43.9 cm³/mol. The lowest BCUT2D eigenvalue weighted by Gasteiger charge is -1.89. The molecule has 0 radical (unpaired) electrons. The van der Waals surface area contributed by atoms with Gasteiger partial charge in [-0.2, -0.15) is 0 Å². The number of allylic oxidation sites excluding steroid dienone is 1. The molecular weight excluding hydrogens is 187 g/mol. The van der Waals surface area contributed by atoms with E-state index in [2.05, 4.69) is 0 Å². The molecular formula is C7H8Cl2O2. The fraction of sp³-hybridized carbons (Fsp3) is 0.571. The minimum atomic E-state index is -0.965. The highest BCUT2D eigenvalue weighted by Gasteiger charge is 2.58. The fourth-order valence-corrected chi connectivity index (χ4v) is 1.66. The van der Waals surface area contributed by atoms with Crippen molar-refractivity contribution in [2.24, 2.45) is 11.8 Å². The molecule has 0 unspecified atom stereocenters. The third kappa shape index (κ3) is 1.68. The lowest BCUT2D eigenvalue weighted by atomic mass is 10.3. The highest BCUT2D eigenvalue weighted by atomic mass is 35.5. The van der Waals surface area contributed by atoms with Gasteiger partial charge in [0.05, 0.1) is 0 Å². The number of hydrogen-bond acceptors (Lipinski definition) is 1. The zero-order valence-electron chi connectivity index (χ0n) is 5.92. The van der Waals surface area contributed by atoms with Gasteiger partial charge in [-0.3, -0.25) is 0 Å². The summed E-state index contributed by atoms with van der Waals surface area (Å²) in [7, 11) is 0. The van der Waals surface area contributed by atoms with Crippen LogP contribution in [0, 0.1) is 11.8 Å². The van der Waals surface area contributed by atoms with Crippen LogP contribution in [0.4, 0.5) is 0 Å². The molecule has 1 aliphatic rings. The van der Waals surface area contributed by atoms with Crippen LogP contribution < -0.4 is 0 Å². The van der Waals surface area contributed by atoms with Gasteiger partial charge in [-0.15, -0.1) is 23.2 Å². The van der Waals surface area contributed by atoms with Crippen LogP contribution in [0.15, 0.2) is 12.2 Å². The summed E-state index contributed by atoms with van der Waals surface area (Å²) in [5.74, 6) is -0.823. The molecule has 1 saturated carbocycles. The van der Waals surface area contributed by atoms with Crippen LogP contribution in [-0.2, 0) is 4.79 Å². The Labute approximate surface area is 74.8 Å². The van der Waals surface area contributed by atoms with Gasteiger partial charge in [0.25, 0.3) is 0 Å². The molecule has 2 nitrogen and oxygen atoms in total.